The quantitative estimate of drug-likeness (QED) is 0.568. The van der Waals surface area contributed by atoms with Gasteiger partial charge in [-0.2, -0.15) is 0 Å². The van der Waals surface area contributed by atoms with E-state index in [1.54, 1.807) is 0 Å². The molecule has 0 aliphatic heterocycles. The second kappa shape index (κ2) is 5.43. The molecule has 0 aliphatic carbocycles. The lowest BCUT2D eigenvalue weighted by Crippen LogP contribution is -2.38. The highest BCUT2D eigenvalue weighted by Crippen LogP contribution is 2.24. The molecule has 116 valence electrons. The largest absolute Gasteiger partial charge is 0.345 e. The van der Waals surface area contributed by atoms with Gasteiger partial charge in [0.1, 0.15) is 0 Å². The van der Waals surface area contributed by atoms with Crippen LogP contribution in [0.5, 0.6) is 0 Å². The van der Waals surface area contributed by atoms with Crippen molar-refractivity contribution in [2.45, 2.75) is 25.6 Å². The van der Waals surface area contributed by atoms with Gasteiger partial charge in [-0.15, -0.1) is 0 Å². The Kier molecular flexibility index (Phi) is 3.26. The maximum atomic E-state index is 4.24. The molecular weight excluding hydrogens is 286 g/mol. The van der Waals surface area contributed by atoms with Crippen molar-refractivity contribution >= 4 is 10.9 Å². The van der Waals surface area contributed by atoms with E-state index in [0.717, 1.165) is 13.1 Å². The summed E-state index contributed by atoms with van der Waals surface area (Å²) in [6.07, 6.45) is 13.6. The maximum absolute atomic E-state index is 4.24. The molecule has 0 radical (unpaired) electrons. The second-order valence-corrected chi connectivity index (χ2v) is 6.20. The van der Waals surface area contributed by atoms with Gasteiger partial charge in [0.2, 0.25) is 0 Å². The molecule has 5 heteroatoms. The summed E-state index contributed by atoms with van der Waals surface area (Å²) in [4.78, 5) is 8.40. The molecule has 1 atom stereocenters. The first-order valence-electron chi connectivity index (χ1n) is 7.73. The number of hydrogen-bond donors (Lipinski definition) is 0. The van der Waals surface area contributed by atoms with E-state index in [1.807, 2.05) is 37.4 Å². The summed E-state index contributed by atoms with van der Waals surface area (Å²) in [5, 5.41) is 1.27. The van der Waals surface area contributed by atoms with Gasteiger partial charge in [-0.1, -0.05) is 18.2 Å². The van der Waals surface area contributed by atoms with Crippen LogP contribution in [0.15, 0.2) is 74.0 Å². The first kappa shape index (κ1) is 13.8. The van der Waals surface area contributed by atoms with Crippen LogP contribution >= 0.6 is 0 Å². The molecule has 23 heavy (non-hydrogen) atoms. The van der Waals surface area contributed by atoms with Crippen molar-refractivity contribution in [1.29, 1.82) is 0 Å². The number of nitrogens with zero attached hydrogens (tertiary/aromatic N) is 5. The van der Waals surface area contributed by atoms with E-state index in [1.165, 1.54) is 10.9 Å². The monoisotopic (exact) mass is 305 g/mol. The average molecular weight is 305 g/mol. The van der Waals surface area contributed by atoms with Crippen molar-refractivity contribution in [3.63, 3.8) is 0 Å². The number of rotatable bonds is 5. The Morgan fingerprint density at radius 3 is 2.52 bits per heavy atom. The Morgan fingerprint density at radius 2 is 1.74 bits per heavy atom. The van der Waals surface area contributed by atoms with Gasteiger partial charge in [-0.3, -0.25) is 0 Å². The molecule has 3 heterocycles. The maximum Gasteiger partial charge on any atom is 0.0952 e. The molecule has 0 N–H and O–H groups in total. The van der Waals surface area contributed by atoms with E-state index in [2.05, 4.69) is 67.1 Å². The molecule has 3 aromatic heterocycles. The Labute approximate surface area is 134 Å². The molecule has 4 aromatic rings. The number of imidazole rings is 2. The van der Waals surface area contributed by atoms with Crippen molar-refractivity contribution < 1.29 is 0 Å². The highest BCUT2D eigenvalue weighted by atomic mass is 15.2. The van der Waals surface area contributed by atoms with Crippen LogP contribution in [0, 0.1) is 0 Å². The Morgan fingerprint density at radius 1 is 0.913 bits per heavy atom. The van der Waals surface area contributed by atoms with Crippen molar-refractivity contribution in [3.05, 3.63) is 74.0 Å². The summed E-state index contributed by atoms with van der Waals surface area (Å²) in [6, 6.07) is 10.6. The van der Waals surface area contributed by atoms with Crippen molar-refractivity contribution in [2.75, 3.05) is 0 Å². The second-order valence-electron chi connectivity index (χ2n) is 6.20. The van der Waals surface area contributed by atoms with E-state index >= 15 is 0 Å². The van der Waals surface area contributed by atoms with Crippen molar-refractivity contribution in [1.82, 2.24) is 23.7 Å². The highest BCUT2D eigenvalue weighted by molar-refractivity contribution is 5.79. The summed E-state index contributed by atoms with van der Waals surface area (Å²) < 4.78 is 6.61. The van der Waals surface area contributed by atoms with Gasteiger partial charge < -0.3 is 13.7 Å². The predicted octanol–water partition coefficient (Wildman–Crippen LogP) is 3.15. The lowest BCUT2D eigenvalue weighted by Gasteiger charge is -2.32. The summed E-state index contributed by atoms with van der Waals surface area (Å²) in [5.41, 5.74) is 1.11. The van der Waals surface area contributed by atoms with E-state index in [4.69, 9.17) is 0 Å². The standard InChI is InChI=1S/C18H19N5/c1-18(23-11-8-20-15-23,12-21-10-7-19-14-21)13-22-9-6-16-4-2-3-5-17(16)22/h2-11,14-15H,12-13H2,1H3. The SMILES string of the molecule is CC(Cn1ccnc1)(Cn1ccc2ccccc21)n1ccnc1. The van der Waals surface area contributed by atoms with Gasteiger partial charge in [0.05, 0.1) is 18.2 Å². The molecule has 5 nitrogen and oxygen atoms in total. The lowest BCUT2D eigenvalue weighted by molar-refractivity contribution is 0.232. The minimum atomic E-state index is -0.140. The van der Waals surface area contributed by atoms with E-state index < -0.39 is 0 Å². The topological polar surface area (TPSA) is 40.6 Å². The number of aromatic nitrogens is 5. The molecule has 1 unspecified atom stereocenters. The summed E-state index contributed by atoms with van der Waals surface area (Å²) >= 11 is 0. The van der Waals surface area contributed by atoms with Crippen LogP contribution < -0.4 is 0 Å². The summed E-state index contributed by atoms with van der Waals surface area (Å²) in [6.45, 7) is 3.94. The van der Waals surface area contributed by atoms with Gasteiger partial charge >= 0.3 is 0 Å². The molecule has 0 aliphatic rings. The smallest absolute Gasteiger partial charge is 0.0952 e. The van der Waals surface area contributed by atoms with Crippen molar-refractivity contribution in [2.24, 2.45) is 0 Å². The number of para-hydroxylation sites is 1. The van der Waals surface area contributed by atoms with Crippen LogP contribution in [0.25, 0.3) is 10.9 Å². The van der Waals surface area contributed by atoms with E-state index in [-0.39, 0.29) is 5.54 Å². The third-order valence-corrected chi connectivity index (χ3v) is 4.40. The van der Waals surface area contributed by atoms with Gasteiger partial charge in [-0.25, -0.2) is 9.97 Å². The van der Waals surface area contributed by atoms with Gasteiger partial charge in [0.25, 0.3) is 0 Å². The summed E-state index contributed by atoms with van der Waals surface area (Å²) in [7, 11) is 0. The average Bonchev–Trinajstić information content (AvgIpc) is 3.29. The minimum absolute atomic E-state index is 0.140. The zero-order chi connectivity index (χ0) is 15.7. The van der Waals surface area contributed by atoms with E-state index in [0.29, 0.717) is 0 Å². The van der Waals surface area contributed by atoms with Crippen molar-refractivity contribution in [3.8, 4) is 0 Å². The van der Waals surface area contributed by atoms with Crippen LogP contribution in [-0.2, 0) is 18.6 Å². The van der Waals surface area contributed by atoms with E-state index in [9.17, 15) is 0 Å². The molecule has 0 saturated heterocycles. The number of fused-ring (bicyclic) bond motifs is 1. The fourth-order valence-electron chi connectivity index (χ4n) is 3.21. The van der Waals surface area contributed by atoms with Gasteiger partial charge in [-0.05, 0) is 24.4 Å². The van der Waals surface area contributed by atoms with Crippen LogP contribution in [0.1, 0.15) is 6.92 Å². The molecule has 0 amide bonds. The van der Waals surface area contributed by atoms with Crippen LogP contribution in [0.3, 0.4) is 0 Å². The molecule has 0 saturated carbocycles. The Balaban J connectivity index is 1.73. The van der Waals surface area contributed by atoms with Crippen LogP contribution in [0.2, 0.25) is 0 Å². The fourth-order valence-corrected chi connectivity index (χ4v) is 3.21. The van der Waals surface area contributed by atoms with Crippen LogP contribution in [-0.4, -0.2) is 23.7 Å². The fraction of sp³-hybridized carbons (Fsp3) is 0.222. The first-order valence-corrected chi connectivity index (χ1v) is 7.73. The Hall–Kier alpha value is -2.82. The Bertz CT molecular complexity index is 889. The molecule has 4 rings (SSSR count). The predicted molar refractivity (Wildman–Crippen MR) is 90.0 cm³/mol. The zero-order valence-electron chi connectivity index (χ0n) is 13.1. The normalized spacial score (nSPS) is 14.1. The molecule has 0 bridgehead atoms. The third-order valence-electron chi connectivity index (χ3n) is 4.40. The van der Waals surface area contributed by atoms with Crippen LogP contribution in [0.4, 0.5) is 0 Å². The first-order chi connectivity index (χ1) is 11.2. The number of benzene rings is 1. The minimum Gasteiger partial charge on any atom is -0.345 e. The molecule has 0 spiro atoms. The van der Waals surface area contributed by atoms with Gasteiger partial charge in [0, 0.05) is 49.6 Å². The van der Waals surface area contributed by atoms with Gasteiger partial charge in [0.15, 0.2) is 0 Å². The number of hydrogen-bond acceptors (Lipinski definition) is 2. The molecule has 1 aromatic carbocycles. The third kappa shape index (κ3) is 2.54. The zero-order valence-corrected chi connectivity index (χ0v) is 13.1. The molecular formula is C18H19N5. The lowest BCUT2D eigenvalue weighted by atomic mass is 10.0. The summed E-state index contributed by atoms with van der Waals surface area (Å²) in [5.74, 6) is 0. The molecule has 0 fully saturated rings. The highest BCUT2D eigenvalue weighted by Gasteiger charge is 2.27.